The molecule has 0 radical (unpaired) electrons. The Morgan fingerprint density at radius 1 is 1.00 bits per heavy atom. The van der Waals surface area contributed by atoms with Crippen molar-refractivity contribution in [3.63, 3.8) is 0 Å². The molecule has 0 unspecified atom stereocenters. The third kappa shape index (κ3) is 3.14. The number of halogens is 1. The van der Waals surface area contributed by atoms with Gasteiger partial charge in [0, 0.05) is 40.2 Å². The summed E-state index contributed by atoms with van der Waals surface area (Å²) in [5.41, 5.74) is 6.09. The van der Waals surface area contributed by atoms with Crippen LogP contribution in [0.4, 0.5) is 0 Å². The lowest BCUT2D eigenvalue weighted by Crippen LogP contribution is -2.35. The summed E-state index contributed by atoms with van der Waals surface area (Å²) in [5.74, 6) is 0.0773. The molecule has 0 saturated carbocycles. The molecule has 2 aliphatic rings. The van der Waals surface area contributed by atoms with Gasteiger partial charge in [-0.05, 0) is 48.2 Å². The van der Waals surface area contributed by atoms with Crippen molar-refractivity contribution in [3.8, 4) is 11.3 Å². The quantitative estimate of drug-likeness (QED) is 0.408. The molecular formula is C27H23ClN2O2. The first kappa shape index (κ1) is 19.6. The number of nitrogens with zero attached hydrogens (tertiary/aromatic N) is 1. The summed E-state index contributed by atoms with van der Waals surface area (Å²) < 4.78 is 5.93. The number of amides is 1. The van der Waals surface area contributed by atoms with Crippen molar-refractivity contribution < 1.29 is 9.53 Å². The van der Waals surface area contributed by atoms with Gasteiger partial charge in [0.1, 0.15) is 0 Å². The maximum Gasteiger partial charge on any atom is 0.255 e. The fourth-order valence-corrected chi connectivity index (χ4v) is 5.30. The Kier molecular flexibility index (Phi) is 4.78. The van der Waals surface area contributed by atoms with E-state index in [1.54, 1.807) is 0 Å². The van der Waals surface area contributed by atoms with Gasteiger partial charge in [0.15, 0.2) is 0 Å². The van der Waals surface area contributed by atoms with Crippen LogP contribution >= 0.6 is 11.6 Å². The van der Waals surface area contributed by atoms with Gasteiger partial charge < -0.3 is 14.6 Å². The maximum atomic E-state index is 13.6. The molecule has 5 heteroatoms. The van der Waals surface area contributed by atoms with E-state index in [0.29, 0.717) is 11.6 Å². The number of aromatic amines is 1. The Balaban J connectivity index is 1.57. The Morgan fingerprint density at radius 3 is 2.59 bits per heavy atom. The van der Waals surface area contributed by atoms with Gasteiger partial charge in [-0.2, -0.15) is 0 Å². The summed E-state index contributed by atoms with van der Waals surface area (Å²) in [6, 6.07) is 24.0. The second-order valence-electron chi connectivity index (χ2n) is 8.55. The monoisotopic (exact) mass is 442 g/mol. The number of aromatic nitrogens is 1. The van der Waals surface area contributed by atoms with Crippen LogP contribution in [0.15, 0.2) is 72.8 Å². The van der Waals surface area contributed by atoms with Crippen molar-refractivity contribution in [2.24, 2.45) is 0 Å². The van der Waals surface area contributed by atoms with Crippen LogP contribution in [0.3, 0.4) is 0 Å². The fraction of sp³-hybridized carbons (Fsp3) is 0.222. The number of fused-ring (bicyclic) bond motifs is 2. The van der Waals surface area contributed by atoms with Crippen LogP contribution < -0.4 is 0 Å². The summed E-state index contributed by atoms with van der Waals surface area (Å²) >= 11 is 6.17. The smallest absolute Gasteiger partial charge is 0.255 e. The predicted molar refractivity (Wildman–Crippen MR) is 127 cm³/mol. The number of benzene rings is 3. The topological polar surface area (TPSA) is 45.3 Å². The minimum absolute atomic E-state index is 0.0773. The average Bonchev–Trinajstić information content (AvgIpc) is 3.53. The Hall–Kier alpha value is -3.08. The van der Waals surface area contributed by atoms with Crippen LogP contribution in [0, 0.1) is 0 Å². The molecule has 2 aliphatic heterocycles. The van der Waals surface area contributed by atoms with Gasteiger partial charge in [-0.3, -0.25) is 4.79 Å². The van der Waals surface area contributed by atoms with E-state index in [-0.39, 0.29) is 18.1 Å². The van der Waals surface area contributed by atoms with Gasteiger partial charge in [-0.25, -0.2) is 0 Å². The summed E-state index contributed by atoms with van der Waals surface area (Å²) in [4.78, 5) is 19.2. The van der Waals surface area contributed by atoms with Crippen LogP contribution in [0.1, 0.15) is 40.4 Å². The minimum atomic E-state index is -0.176. The molecule has 1 amide bonds. The number of para-hydroxylation sites is 1. The lowest BCUT2D eigenvalue weighted by Gasteiger charge is -2.28. The zero-order valence-electron chi connectivity index (χ0n) is 17.6. The summed E-state index contributed by atoms with van der Waals surface area (Å²) in [5, 5.41) is 1.83. The minimum Gasteiger partial charge on any atom is -0.376 e. The number of hydrogen-bond donors (Lipinski definition) is 1. The van der Waals surface area contributed by atoms with Crippen LogP contribution in [0.5, 0.6) is 0 Å². The maximum absolute atomic E-state index is 13.6. The highest BCUT2D eigenvalue weighted by Gasteiger charge is 2.41. The van der Waals surface area contributed by atoms with Gasteiger partial charge in [0.2, 0.25) is 0 Å². The molecule has 0 aliphatic carbocycles. The number of ether oxygens (including phenoxy) is 1. The lowest BCUT2D eigenvalue weighted by molar-refractivity contribution is 0.0501. The predicted octanol–water partition coefficient (Wildman–Crippen LogP) is 6.21. The number of H-pyrrole nitrogens is 1. The van der Waals surface area contributed by atoms with E-state index in [0.717, 1.165) is 58.3 Å². The standard InChI is InChI=1S/C27H23ClN2O2/c28-18-13-11-17(12-14-18)25-24(22-9-3-4-10-23(22)29-25)26-20-7-1-2-8-21(20)27(31)30(26)16-19-6-5-15-32-19/h1-4,7-14,19,26,29H,5-6,15-16H2/t19-,26+/m1/s1. The molecule has 1 aromatic heterocycles. The molecule has 4 nitrogen and oxygen atoms in total. The Morgan fingerprint density at radius 2 is 1.78 bits per heavy atom. The third-order valence-corrected chi connectivity index (χ3v) is 6.89. The molecule has 2 atom stereocenters. The first-order valence-electron chi connectivity index (χ1n) is 11.1. The van der Waals surface area contributed by atoms with Gasteiger partial charge in [-0.1, -0.05) is 60.1 Å². The van der Waals surface area contributed by atoms with Gasteiger partial charge in [0.25, 0.3) is 5.91 Å². The number of nitrogens with one attached hydrogen (secondary N) is 1. The number of hydrogen-bond acceptors (Lipinski definition) is 2. The van der Waals surface area contributed by atoms with Gasteiger partial charge in [-0.15, -0.1) is 0 Å². The average molecular weight is 443 g/mol. The summed E-state index contributed by atoms with van der Waals surface area (Å²) in [6.45, 7) is 1.37. The van der Waals surface area contributed by atoms with E-state index in [4.69, 9.17) is 16.3 Å². The summed E-state index contributed by atoms with van der Waals surface area (Å²) in [7, 11) is 0. The van der Waals surface area contributed by atoms with Crippen LogP contribution in [-0.2, 0) is 4.74 Å². The van der Waals surface area contributed by atoms with Crippen LogP contribution in [-0.4, -0.2) is 35.0 Å². The SMILES string of the molecule is O=C1c2ccccc2[C@@H](c2c(-c3ccc(Cl)cc3)[nH]c3ccccc23)N1C[C@H]1CCCO1. The zero-order chi connectivity index (χ0) is 21.7. The molecule has 160 valence electrons. The van der Waals surface area contributed by atoms with E-state index in [2.05, 4.69) is 29.2 Å². The van der Waals surface area contributed by atoms with Crippen molar-refractivity contribution in [1.82, 2.24) is 9.88 Å². The Bertz CT molecular complexity index is 1300. The number of carbonyl (C=O) groups is 1. The molecule has 6 rings (SSSR count). The van der Waals surface area contributed by atoms with Crippen molar-refractivity contribution in [3.05, 3.63) is 94.5 Å². The molecule has 3 aromatic carbocycles. The molecule has 4 aromatic rings. The first-order chi connectivity index (χ1) is 15.7. The van der Waals surface area contributed by atoms with E-state index in [1.807, 2.05) is 53.4 Å². The van der Waals surface area contributed by atoms with Gasteiger partial charge in [0.05, 0.1) is 17.8 Å². The number of rotatable bonds is 4. The highest BCUT2D eigenvalue weighted by atomic mass is 35.5. The third-order valence-electron chi connectivity index (χ3n) is 6.64. The van der Waals surface area contributed by atoms with Crippen LogP contribution in [0.25, 0.3) is 22.2 Å². The lowest BCUT2D eigenvalue weighted by atomic mass is 9.93. The highest BCUT2D eigenvalue weighted by Crippen LogP contribution is 2.45. The van der Waals surface area contributed by atoms with E-state index >= 15 is 0 Å². The first-order valence-corrected chi connectivity index (χ1v) is 11.5. The van der Waals surface area contributed by atoms with E-state index < -0.39 is 0 Å². The van der Waals surface area contributed by atoms with Crippen molar-refractivity contribution in [2.45, 2.75) is 25.0 Å². The molecule has 0 bridgehead atoms. The second kappa shape index (κ2) is 7.80. The normalized spacial score (nSPS) is 20.3. The van der Waals surface area contributed by atoms with Crippen molar-refractivity contribution in [2.75, 3.05) is 13.2 Å². The molecule has 0 spiro atoms. The van der Waals surface area contributed by atoms with E-state index in [1.165, 1.54) is 0 Å². The largest absolute Gasteiger partial charge is 0.376 e. The highest BCUT2D eigenvalue weighted by molar-refractivity contribution is 6.30. The molecule has 1 fully saturated rings. The fourth-order valence-electron chi connectivity index (χ4n) is 5.17. The molecule has 1 saturated heterocycles. The zero-order valence-corrected chi connectivity index (χ0v) is 18.3. The van der Waals surface area contributed by atoms with Gasteiger partial charge >= 0.3 is 0 Å². The second-order valence-corrected chi connectivity index (χ2v) is 8.98. The van der Waals surface area contributed by atoms with E-state index in [9.17, 15) is 4.79 Å². The molecule has 32 heavy (non-hydrogen) atoms. The Labute approximate surface area is 191 Å². The summed E-state index contributed by atoms with van der Waals surface area (Å²) in [6.07, 6.45) is 2.12. The van der Waals surface area contributed by atoms with Crippen LogP contribution in [0.2, 0.25) is 5.02 Å². The molecule has 1 N–H and O–H groups in total. The van der Waals surface area contributed by atoms with Crippen molar-refractivity contribution in [1.29, 1.82) is 0 Å². The number of carbonyl (C=O) groups excluding carboxylic acids is 1. The molecular weight excluding hydrogens is 420 g/mol. The van der Waals surface area contributed by atoms with Crippen molar-refractivity contribution >= 4 is 28.4 Å². The molecule has 3 heterocycles.